The van der Waals surface area contributed by atoms with Gasteiger partial charge in [-0.2, -0.15) is 0 Å². The van der Waals surface area contributed by atoms with E-state index in [4.69, 9.17) is 5.73 Å². The van der Waals surface area contributed by atoms with Crippen molar-refractivity contribution in [2.45, 2.75) is 19.4 Å². The van der Waals surface area contributed by atoms with Gasteiger partial charge in [0.1, 0.15) is 0 Å². The molecule has 1 rings (SSSR count). The van der Waals surface area contributed by atoms with Crippen molar-refractivity contribution < 1.29 is 4.79 Å². The number of hydrogen-bond donors (Lipinski definition) is 2. The maximum atomic E-state index is 11.3. The molecule has 1 heterocycles. The summed E-state index contributed by atoms with van der Waals surface area (Å²) in [5, 5.41) is 2.99. The number of likely N-dealkylation sites (N-methyl/N-ethyl adjacent to an activating group) is 1. The van der Waals surface area contributed by atoms with E-state index in [1.165, 1.54) is 0 Å². The zero-order chi connectivity index (χ0) is 9.84. The Morgan fingerprint density at radius 2 is 2.54 bits per heavy atom. The minimum Gasteiger partial charge on any atom is -0.370 e. The summed E-state index contributed by atoms with van der Waals surface area (Å²) in [4.78, 5) is 16.9. The molecule has 1 fully saturated rings. The Labute approximate surface area is 78.0 Å². The van der Waals surface area contributed by atoms with Crippen LogP contribution in [0.5, 0.6) is 0 Å². The average Bonchev–Trinajstić information content (AvgIpc) is 2.46. The van der Waals surface area contributed by atoms with Crippen molar-refractivity contribution >= 4 is 11.9 Å². The summed E-state index contributed by atoms with van der Waals surface area (Å²) in [7, 11) is 1.62. The predicted octanol–water partition coefficient (Wildman–Crippen LogP) is -0.859. The molecule has 0 aromatic carbocycles. The number of hydrogen-bond acceptors (Lipinski definition) is 2. The van der Waals surface area contributed by atoms with Gasteiger partial charge in [-0.05, 0) is 6.92 Å². The van der Waals surface area contributed by atoms with Gasteiger partial charge in [0.25, 0.3) is 0 Å². The summed E-state index contributed by atoms with van der Waals surface area (Å²) < 4.78 is 0. The van der Waals surface area contributed by atoms with Crippen molar-refractivity contribution in [1.82, 2.24) is 10.2 Å². The van der Waals surface area contributed by atoms with Gasteiger partial charge in [0.2, 0.25) is 5.91 Å². The monoisotopic (exact) mass is 184 g/mol. The van der Waals surface area contributed by atoms with E-state index < -0.39 is 0 Å². The van der Waals surface area contributed by atoms with Crippen LogP contribution < -0.4 is 11.1 Å². The molecule has 1 saturated heterocycles. The van der Waals surface area contributed by atoms with Crippen LogP contribution >= 0.6 is 0 Å². The maximum Gasteiger partial charge on any atom is 0.224 e. The van der Waals surface area contributed by atoms with Crippen LogP contribution in [0.2, 0.25) is 0 Å². The highest BCUT2D eigenvalue weighted by Crippen LogP contribution is 2.09. The fraction of sp³-hybridized carbons (Fsp3) is 0.750. The first-order valence-corrected chi connectivity index (χ1v) is 4.44. The summed E-state index contributed by atoms with van der Waals surface area (Å²) in [6.45, 7) is 3.46. The molecule has 1 amide bonds. The molecule has 1 atom stereocenters. The summed E-state index contributed by atoms with van der Waals surface area (Å²) in [5.41, 5.74) is 5.49. The molecule has 0 aliphatic carbocycles. The van der Waals surface area contributed by atoms with E-state index in [0.29, 0.717) is 12.4 Å². The molecule has 1 aliphatic heterocycles. The lowest BCUT2D eigenvalue weighted by Crippen LogP contribution is -2.41. The van der Waals surface area contributed by atoms with Crippen LogP contribution in [-0.2, 0) is 4.79 Å². The lowest BCUT2D eigenvalue weighted by atomic mass is 10.3. The molecule has 1 aliphatic rings. The Balaban J connectivity index is 2.44. The molecule has 0 aromatic heterocycles. The van der Waals surface area contributed by atoms with Crippen molar-refractivity contribution in [3.63, 3.8) is 0 Å². The number of guanidine groups is 1. The molecule has 74 valence electrons. The second-order valence-electron chi connectivity index (χ2n) is 3.09. The summed E-state index contributed by atoms with van der Waals surface area (Å²) in [6, 6.07) is 0.121. The lowest BCUT2D eigenvalue weighted by Gasteiger charge is -2.14. The smallest absolute Gasteiger partial charge is 0.224 e. The topological polar surface area (TPSA) is 70.7 Å². The van der Waals surface area contributed by atoms with E-state index in [9.17, 15) is 4.79 Å². The third-order valence-corrected chi connectivity index (χ3v) is 2.19. The van der Waals surface area contributed by atoms with Crippen LogP contribution in [-0.4, -0.2) is 42.9 Å². The highest BCUT2D eigenvalue weighted by Gasteiger charge is 2.28. The molecule has 5 heteroatoms. The van der Waals surface area contributed by atoms with Crippen LogP contribution in [0.4, 0.5) is 0 Å². The number of nitrogens with two attached hydrogens (primary N) is 1. The standard InChI is InChI=1S/C8H16N4O/c1-3-12-5-6(4-7(12)13)11-8(9)10-2/h6H,3-5H2,1-2H3,(H3,9,10,11). The number of carbonyl (C=O) groups is 1. The van der Waals surface area contributed by atoms with Crippen molar-refractivity contribution in [1.29, 1.82) is 0 Å². The quantitative estimate of drug-likeness (QED) is 0.433. The van der Waals surface area contributed by atoms with E-state index in [0.717, 1.165) is 13.1 Å². The Bertz CT molecular complexity index is 226. The molecule has 1 unspecified atom stereocenters. The van der Waals surface area contributed by atoms with E-state index >= 15 is 0 Å². The lowest BCUT2D eigenvalue weighted by molar-refractivity contribution is -0.127. The Morgan fingerprint density at radius 3 is 3.00 bits per heavy atom. The third kappa shape index (κ3) is 2.34. The summed E-state index contributed by atoms with van der Waals surface area (Å²) in [5.74, 6) is 0.583. The maximum absolute atomic E-state index is 11.3. The molecular weight excluding hydrogens is 168 g/mol. The van der Waals surface area contributed by atoms with Gasteiger partial charge in [-0.1, -0.05) is 0 Å². The zero-order valence-electron chi connectivity index (χ0n) is 8.08. The number of carbonyl (C=O) groups excluding carboxylic acids is 1. The number of nitrogens with one attached hydrogen (secondary N) is 1. The molecule has 13 heavy (non-hydrogen) atoms. The molecule has 0 spiro atoms. The van der Waals surface area contributed by atoms with E-state index in [-0.39, 0.29) is 11.9 Å². The molecule has 0 saturated carbocycles. The summed E-state index contributed by atoms with van der Waals surface area (Å²) in [6.07, 6.45) is 0.518. The number of nitrogens with zero attached hydrogens (tertiary/aromatic N) is 2. The molecule has 0 radical (unpaired) electrons. The number of likely N-dealkylation sites (tertiary alicyclic amines) is 1. The number of amides is 1. The molecule has 0 bridgehead atoms. The van der Waals surface area contributed by atoms with Gasteiger partial charge in [-0.3, -0.25) is 9.79 Å². The largest absolute Gasteiger partial charge is 0.370 e. The SMILES string of the molecule is CCN1CC(NC(N)=NC)CC1=O. The van der Waals surface area contributed by atoms with Crippen LogP contribution in [0.25, 0.3) is 0 Å². The minimum absolute atomic E-state index is 0.121. The number of rotatable bonds is 2. The normalized spacial score (nSPS) is 23.8. The average molecular weight is 184 g/mol. The zero-order valence-corrected chi connectivity index (χ0v) is 8.08. The Morgan fingerprint density at radius 1 is 1.85 bits per heavy atom. The Kier molecular flexibility index (Phi) is 3.11. The highest BCUT2D eigenvalue weighted by molar-refractivity contribution is 5.82. The van der Waals surface area contributed by atoms with Crippen molar-refractivity contribution in [3.05, 3.63) is 0 Å². The van der Waals surface area contributed by atoms with E-state index in [2.05, 4.69) is 10.3 Å². The van der Waals surface area contributed by atoms with Gasteiger partial charge in [-0.15, -0.1) is 0 Å². The second-order valence-corrected chi connectivity index (χ2v) is 3.09. The van der Waals surface area contributed by atoms with Gasteiger partial charge in [-0.25, -0.2) is 0 Å². The second kappa shape index (κ2) is 4.11. The first-order valence-electron chi connectivity index (χ1n) is 4.44. The van der Waals surface area contributed by atoms with Crippen LogP contribution in [0.1, 0.15) is 13.3 Å². The van der Waals surface area contributed by atoms with Crippen LogP contribution in [0.15, 0.2) is 4.99 Å². The summed E-state index contributed by atoms with van der Waals surface area (Å²) >= 11 is 0. The van der Waals surface area contributed by atoms with Crippen molar-refractivity contribution in [2.75, 3.05) is 20.1 Å². The van der Waals surface area contributed by atoms with Crippen molar-refractivity contribution in [2.24, 2.45) is 10.7 Å². The minimum atomic E-state index is 0.121. The van der Waals surface area contributed by atoms with E-state index in [1.807, 2.05) is 6.92 Å². The third-order valence-electron chi connectivity index (χ3n) is 2.19. The van der Waals surface area contributed by atoms with Gasteiger partial charge in [0.05, 0.1) is 6.04 Å². The van der Waals surface area contributed by atoms with E-state index in [1.54, 1.807) is 11.9 Å². The molecule has 5 nitrogen and oxygen atoms in total. The van der Waals surface area contributed by atoms with Gasteiger partial charge in [0, 0.05) is 26.6 Å². The number of aliphatic imine (C=N–C) groups is 1. The fourth-order valence-corrected chi connectivity index (χ4v) is 1.45. The van der Waals surface area contributed by atoms with Crippen LogP contribution in [0.3, 0.4) is 0 Å². The molecular formula is C8H16N4O. The van der Waals surface area contributed by atoms with Crippen LogP contribution in [0, 0.1) is 0 Å². The van der Waals surface area contributed by atoms with Gasteiger partial charge in [0.15, 0.2) is 5.96 Å². The fourth-order valence-electron chi connectivity index (χ4n) is 1.45. The first-order chi connectivity index (χ1) is 6.17. The van der Waals surface area contributed by atoms with Gasteiger partial charge < -0.3 is 16.0 Å². The first kappa shape index (κ1) is 9.83. The predicted molar refractivity (Wildman–Crippen MR) is 51.3 cm³/mol. The molecule has 3 N–H and O–H groups in total. The van der Waals surface area contributed by atoms with Gasteiger partial charge >= 0.3 is 0 Å². The van der Waals surface area contributed by atoms with Crippen molar-refractivity contribution in [3.8, 4) is 0 Å². The Hall–Kier alpha value is -1.26. The molecule has 0 aromatic rings. The highest BCUT2D eigenvalue weighted by atomic mass is 16.2.